The number of carbonyl (C=O) groups is 2. The summed E-state index contributed by atoms with van der Waals surface area (Å²) in [5.41, 5.74) is 2.73. The highest BCUT2D eigenvalue weighted by molar-refractivity contribution is 6.00. The number of nitrogens with one attached hydrogen (secondary N) is 2. The molecule has 0 aromatic carbocycles. The van der Waals surface area contributed by atoms with E-state index >= 15 is 0 Å². The molecule has 21 heavy (non-hydrogen) atoms. The Bertz CT molecular complexity index is 612. The molecule has 1 unspecified atom stereocenters. The van der Waals surface area contributed by atoms with E-state index in [9.17, 15) is 9.59 Å². The maximum absolute atomic E-state index is 12.6. The van der Waals surface area contributed by atoms with E-state index < -0.39 is 0 Å². The second-order valence-corrected chi connectivity index (χ2v) is 5.99. The maximum Gasteiger partial charge on any atom is 0.273 e. The molecule has 2 fully saturated rings. The van der Waals surface area contributed by atoms with Gasteiger partial charge in [-0.2, -0.15) is 0 Å². The minimum Gasteiger partial charge on any atom is -0.354 e. The van der Waals surface area contributed by atoms with Gasteiger partial charge in [0.1, 0.15) is 11.7 Å². The zero-order valence-corrected chi connectivity index (χ0v) is 11.8. The first kappa shape index (κ1) is 12.8. The monoisotopic (exact) mass is 286 g/mol. The molecule has 1 aromatic rings. The Kier molecular flexibility index (Phi) is 2.92. The molecular formula is C15H18N4O2. The summed E-state index contributed by atoms with van der Waals surface area (Å²) in [5, 5.41) is 6.13. The van der Waals surface area contributed by atoms with Gasteiger partial charge < -0.3 is 15.5 Å². The average Bonchev–Trinajstić information content (AvgIpc) is 3.24. The van der Waals surface area contributed by atoms with Crippen LogP contribution in [-0.2, 0) is 17.8 Å². The minimum atomic E-state index is -0.340. The summed E-state index contributed by atoms with van der Waals surface area (Å²) in [6.07, 6.45) is 4.30. The van der Waals surface area contributed by atoms with Crippen LogP contribution >= 0.6 is 0 Å². The van der Waals surface area contributed by atoms with Crippen molar-refractivity contribution in [3.63, 3.8) is 0 Å². The molecule has 2 amide bonds. The molecule has 0 radical (unpaired) electrons. The fraction of sp³-hybridized carbons (Fsp3) is 0.533. The maximum atomic E-state index is 12.6. The van der Waals surface area contributed by atoms with E-state index in [1.807, 2.05) is 6.07 Å². The van der Waals surface area contributed by atoms with Gasteiger partial charge in [-0.3, -0.25) is 14.6 Å². The minimum absolute atomic E-state index is 0.0344. The lowest BCUT2D eigenvalue weighted by atomic mass is 10.0. The zero-order valence-electron chi connectivity index (χ0n) is 11.8. The highest BCUT2D eigenvalue weighted by atomic mass is 16.2. The summed E-state index contributed by atoms with van der Waals surface area (Å²) in [5.74, 6) is -0.134. The predicted octanol–water partition coefficient (Wildman–Crippen LogP) is -0.170. The summed E-state index contributed by atoms with van der Waals surface area (Å²) in [6.45, 7) is 2.27. The number of aromatic nitrogens is 1. The normalized spacial score (nSPS) is 27.5. The van der Waals surface area contributed by atoms with Gasteiger partial charge in [-0.15, -0.1) is 0 Å². The van der Waals surface area contributed by atoms with E-state index in [0.29, 0.717) is 24.8 Å². The number of amides is 2. The highest BCUT2D eigenvalue weighted by Crippen LogP contribution is 2.29. The quantitative estimate of drug-likeness (QED) is 0.756. The van der Waals surface area contributed by atoms with E-state index in [1.54, 1.807) is 11.1 Å². The van der Waals surface area contributed by atoms with Gasteiger partial charge in [0.2, 0.25) is 5.91 Å². The third-order valence-electron chi connectivity index (χ3n) is 4.54. The third-order valence-corrected chi connectivity index (χ3v) is 4.54. The van der Waals surface area contributed by atoms with Gasteiger partial charge >= 0.3 is 0 Å². The lowest BCUT2D eigenvalue weighted by molar-refractivity contribution is -0.127. The Morgan fingerprint density at radius 3 is 3.00 bits per heavy atom. The first-order valence-corrected chi connectivity index (χ1v) is 7.53. The van der Waals surface area contributed by atoms with E-state index in [2.05, 4.69) is 15.6 Å². The predicted molar refractivity (Wildman–Crippen MR) is 75.6 cm³/mol. The van der Waals surface area contributed by atoms with Crippen molar-refractivity contribution in [1.82, 2.24) is 20.5 Å². The first-order valence-electron chi connectivity index (χ1n) is 7.53. The molecule has 2 saturated heterocycles. The molecule has 4 heterocycles. The molecule has 6 nitrogen and oxygen atoms in total. The van der Waals surface area contributed by atoms with Crippen LogP contribution in [0.5, 0.6) is 0 Å². The molecule has 3 aliphatic rings. The average molecular weight is 286 g/mol. The van der Waals surface area contributed by atoms with Crippen molar-refractivity contribution in [2.24, 2.45) is 0 Å². The van der Waals surface area contributed by atoms with E-state index in [1.165, 1.54) is 5.56 Å². The van der Waals surface area contributed by atoms with Gasteiger partial charge in [-0.05, 0) is 30.9 Å². The number of piperidine rings is 1. The smallest absolute Gasteiger partial charge is 0.273 e. The van der Waals surface area contributed by atoms with Gasteiger partial charge in [0.05, 0.1) is 0 Å². The second-order valence-electron chi connectivity index (χ2n) is 5.99. The van der Waals surface area contributed by atoms with E-state index in [-0.39, 0.29) is 17.9 Å². The number of hydrogen-bond acceptors (Lipinski definition) is 4. The van der Waals surface area contributed by atoms with Crippen molar-refractivity contribution >= 4 is 11.8 Å². The highest BCUT2D eigenvalue weighted by Gasteiger charge is 2.39. The Hall–Kier alpha value is -1.95. The molecule has 0 bridgehead atoms. The molecule has 6 heteroatoms. The summed E-state index contributed by atoms with van der Waals surface area (Å²) in [4.78, 5) is 30.5. The Morgan fingerprint density at radius 1 is 1.38 bits per heavy atom. The fourth-order valence-electron chi connectivity index (χ4n) is 3.26. The van der Waals surface area contributed by atoms with E-state index in [0.717, 1.165) is 31.4 Å². The van der Waals surface area contributed by atoms with Crippen molar-refractivity contribution in [2.75, 3.05) is 13.1 Å². The number of carbonyl (C=O) groups excluding carboxylic acids is 2. The van der Waals surface area contributed by atoms with Crippen molar-refractivity contribution in [2.45, 2.75) is 37.9 Å². The van der Waals surface area contributed by atoms with Crippen molar-refractivity contribution in [1.29, 1.82) is 0 Å². The summed E-state index contributed by atoms with van der Waals surface area (Å²) >= 11 is 0. The van der Waals surface area contributed by atoms with Crippen molar-refractivity contribution < 1.29 is 9.59 Å². The largest absolute Gasteiger partial charge is 0.354 e. The van der Waals surface area contributed by atoms with Crippen molar-refractivity contribution in [3.05, 3.63) is 29.1 Å². The van der Waals surface area contributed by atoms with Crippen LogP contribution in [0.15, 0.2) is 12.3 Å². The Labute approximate surface area is 122 Å². The topological polar surface area (TPSA) is 84.2 Å². The molecule has 0 spiro atoms. The van der Waals surface area contributed by atoms with Crippen LogP contribution in [0.3, 0.4) is 0 Å². The van der Waals surface area contributed by atoms with Crippen LogP contribution in [-0.4, -0.2) is 46.9 Å². The molecule has 1 aromatic heterocycles. The molecule has 0 aliphatic carbocycles. The summed E-state index contributed by atoms with van der Waals surface area (Å²) in [7, 11) is 0. The molecule has 3 aliphatic heterocycles. The number of hydrogen-bond donors (Lipinski definition) is 2. The zero-order chi connectivity index (χ0) is 14.4. The first-order chi connectivity index (χ1) is 10.2. The van der Waals surface area contributed by atoms with Gasteiger partial charge in [0.25, 0.3) is 5.91 Å². The standard InChI is InChI=1S/C15H18N4O2/c20-14-12(2-1-4-17-14)19-8-11-9(6-10-7-18-10)3-5-16-13(11)15(19)21/h3,5,10,12,18H,1-2,4,6-8H2,(H,17,20)/t10-,12?/m1/s1. The molecule has 2 atom stereocenters. The Morgan fingerprint density at radius 2 is 2.24 bits per heavy atom. The molecule has 2 N–H and O–H groups in total. The lowest BCUT2D eigenvalue weighted by Crippen LogP contribution is -2.50. The van der Waals surface area contributed by atoms with Crippen LogP contribution in [0.1, 0.15) is 34.5 Å². The molecular weight excluding hydrogens is 268 g/mol. The molecule has 4 rings (SSSR count). The van der Waals surface area contributed by atoms with Crippen LogP contribution in [0.4, 0.5) is 0 Å². The molecule has 110 valence electrons. The van der Waals surface area contributed by atoms with Gasteiger partial charge in [-0.1, -0.05) is 0 Å². The van der Waals surface area contributed by atoms with Gasteiger partial charge in [0, 0.05) is 37.4 Å². The SMILES string of the molecule is O=C1NCCCC1N1Cc2c(C[C@@H]3CN3)ccnc2C1=O. The number of pyridine rings is 1. The van der Waals surface area contributed by atoms with Crippen LogP contribution < -0.4 is 10.6 Å². The number of nitrogens with zero attached hydrogens (tertiary/aromatic N) is 2. The lowest BCUT2D eigenvalue weighted by Gasteiger charge is -2.29. The fourth-order valence-corrected chi connectivity index (χ4v) is 3.26. The Balaban J connectivity index is 1.62. The summed E-state index contributed by atoms with van der Waals surface area (Å²) < 4.78 is 0. The second kappa shape index (κ2) is 4.80. The van der Waals surface area contributed by atoms with Crippen molar-refractivity contribution in [3.8, 4) is 0 Å². The number of fused-ring (bicyclic) bond motifs is 1. The van der Waals surface area contributed by atoms with Crippen LogP contribution in [0, 0.1) is 0 Å². The van der Waals surface area contributed by atoms with Crippen LogP contribution in [0.25, 0.3) is 0 Å². The van der Waals surface area contributed by atoms with Gasteiger partial charge in [0.15, 0.2) is 0 Å². The number of rotatable bonds is 3. The summed E-state index contributed by atoms with van der Waals surface area (Å²) in [6, 6.07) is 2.18. The third kappa shape index (κ3) is 2.19. The van der Waals surface area contributed by atoms with Crippen LogP contribution in [0.2, 0.25) is 0 Å². The molecule has 0 saturated carbocycles. The van der Waals surface area contributed by atoms with E-state index in [4.69, 9.17) is 0 Å². The van der Waals surface area contributed by atoms with Gasteiger partial charge in [-0.25, -0.2) is 0 Å².